The van der Waals surface area contributed by atoms with Crippen molar-refractivity contribution in [2.75, 3.05) is 18.9 Å². The molecular formula is C9H17N3S. The predicted molar refractivity (Wildman–Crippen MR) is 58.4 cm³/mol. The smallest absolute Gasteiger partial charge is 0.182 e. The van der Waals surface area contributed by atoms with Gasteiger partial charge in [0.15, 0.2) is 5.13 Å². The second-order valence-corrected chi connectivity index (χ2v) is 3.91. The third kappa shape index (κ3) is 2.67. The molecule has 0 saturated heterocycles. The first kappa shape index (κ1) is 10.5. The van der Waals surface area contributed by atoms with Crippen molar-refractivity contribution in [3.63, 3.8) is 0 Å². The number of hydrogen-bond acceptors (Lipinski definition) is 4. The summed E-state index contributed by atoms with van der Waals surface area (Å²) in [6, 6.07) is 0. The molecule has 0 fully saturated rings. The first-order valence-corrected chi connectivity index (χ1v) is 5.53. The molecule has 4 heteroatoms. The van der Waals surface area contributed by atoms with Crippen LogP contribution < -0.4 is 11.1 Å². The maximum absolute atomic E-state index is 5.69. The van der Waals surface area contributed by atoms with Crippen LogP contribution in [0.15, 0.2) is 5.38 Å². The summed E-state index contributed by atoms with van der Waals surface area (Å²) in [5.41, 5.74) is 6.82. The molecule has 1 atom stereocenters. The molecule has 0 bridgehead atoms. The van der Waals surface area contributed by atoms with Gasteiger partial charge in [0.05, 0.1) is 5.69 Å². The Kier molecular flexibility index (Phi) is 4.18. The minimum Gasteiger partial charge on any atom is -0.365 e. The van der Waals surface area contributed by atoms with Crippen molar-refractivity contribution in [3.8, 4) is 0 Å². The van der Waals surface area contributed by atoms with Crippen LogP contribution in [-0.2, 0) is 0 Å². The van der Waals surface area contributed by atoms with Gasteiger partial charge in [0.1, 0.15) is 0 Å². The Morgan fingerprint density at radius 1 is 1.69 bits per heavy atom. The zero-order valence-electron chi connectivity index (χ0n) is 8.21. The molecular weight excluding hydrogens is 182 g/mol. The first-order chi connectivity index (χ1) is 6.31. The fourth-order valence-electron chi connectivity index (χ4n) is 1.32. The molecule has 0 aliphatic rings. The highest BCUT2D eigenvalue weighted by atomic mass is 32.1. The Balaban J connectivity index is 2.67. The molecule has 0 aliphatic heterocycles. The number of nitrogens with one attached hydrogen (secondary N) is 1. The van der Waals surface area contributed by atoms with Gasteiger partial charge >= 0.3 is 0 Å². The van der Waals surface area contributed by atoms with Crippen LogP contribution in [0.3, 0.4) is 0 Å². The molecule has 0 aromatic carbocycles. The van der Waals surface area contributed by atoms with Crippen LogP contribution in [0.2, 0.25) is 0 Å². The topological polar surface area (TPSA) is 50.9 Å². The van der Waals surface area contributed by atoms with Gasteiger partial charge in [-0.05, 0) is 6.42 Å². The molecule has 1 aromatic heterocycles. The predicted octanol–water partition coefficient (Wildman–Crippen LogP) is 2.03. The van der Waals surface area contributed by atoms with Crippen LogP contribution in [0.25, 0.3) is 0 Å². The molecule has 13 heavy (non-hydrogen) atoms. The molecule has 1 rings (SSSR count). The van der Waals surface area contributed by atoms with Gasteiger partial charge in [-0.15, -0.1) is 11.3 Å². The van der Waals surface area contributed by atoms with E-state index < -0.39 is 0 Å². The van der Waals surface area contributed by atoms with Crippen LogP contribution in [0.4, 0.5) is 5.13 Å². The van der Waals surface area contributed by atoms with Gasteiger partial charge in [-0.1, -0.05) is 13.3 Å². The lowest BCUT2D eigenvalue weighted by molar-refractivity contribution is 0.610. The molecule has 3 N–H and O–H groups in total. The summed E-state index contributed by atoms with van der Waals surface area (Å²) in [6.45, 7) is 2.87. The molecule has 0 radical (unpaired) electrons. The molecule has 74 valence electrons. The van der Waals surface area contributed by atoms with Crippen LogP contribution in [0.5, 0.6) is 0 Å². The summed E-state index contributed by atoms with van der Waals surface area (Å²) in [6.07, 6.45) is 2.29. The van der Waals surface area contributed by atoms with Crippen LogP contribution >= 0.6 is 11.3 Å². The third-order valence-electron chi connectivity index (χ3n) is 2.08. The van der Waals surface area contributed by atoms with Gasteiger partial charge in [-0.25, -0.2) is 4.98 Å². The average molecular weight is 199 g/mol. The zero-order chi connectivity index (χ0) is 9.68. The fraction of sp³-hybridized carbons (Fsp3) is 0.667. The summed E-state index contributed by atoms with van der Waals surface area (Å²) in [5, 5.41) is 6.11. The van der Waals surface area contributed by atoms with Crippen molar-refractivity contribution in [2.24, 2.45) is 5.73 Å². The Morgan fingerprint density at radius 2 is 2.46 bits per heavy atom. The highest BCUT2D eigenvalue weighted by molar-refractivity contribution is 7.13. The van der Waals surface area contributed by atoms with Gasteiger partial charge in [0, 0.05) is 24.9 Å². The van der Waals surface area contributed by atoms with E-state index in [-0.39, 0.29) is 0 Å². The number of nitrogens with zero attached hydrogens (tertiary/aromatic N) is 1. The van der Waals surface area contributed by atoms with Crippen molar-refractivity contribution >= 4 is 16.5 Å². The second kappa shape index (κ2) is 5.19. The van der Waals surface area contributed by atoms with E-state index in [1.165, 1.54) is 0 Å². The maximum atomic E-state index is 5.69. The van der Waals surface area contributed by atoms with Crippen molar-refractivity contribution in [1.29, 1.82) is 0 Å². The van der Waals surface area contributed by atoms with Crippen LogP contribution in [0, 0.1) is 0 Å². The number of aromatic nitrogens is 1. The van der Waals surface area contributed by atoms with E-state index in [4.69, 9.17) is 5.73 Å². The molecule has 1 unspecified atom stereocenters. The van der Waals surface area contributed by atoms with E-state index in [9.17, 15) is 0 Å². The molecule has 1 heterocycles. The highest BCUT2D eigenvalue weighted by Crippen LogP contribution is 2.24. The molecule has 0 aliphatic carbocycles. The molecule has 1 aromatic rings. The van der Waals surface area contributed by atoms with Crippen molar-refractivity contribution in [1.82, 2.24) is 4.98 Å². The Labute approximate surface area is 83.4 Å². The fourth-order valence-corrected chi connectivity index (χ4v) is 2.08. The molecule has 0 amide bonds. The van der Waals surface area contributed by atoms with Crippen LogP contribution in [0.1, 0.15) is 31.4 Å². The van der Waals surface area contributed by atoms with E-state index in [0.717, 1.165) is 23.7 Å². The molecule has 0 spiro atoms. The van der Waals surface area contributed by atoms with Gasteiger partial charge in [0.2, 0.25) is 0 Å². The van der Waals surface area contributed by atoms with E-state index in [1.807, 2.05) is 7.05 Å². The van der Waals surface area contributed by atoms with Crippen molar-refractivity contribution in [2.45, 2.75) is 25.7 Å². The monoisotopic (exact) mass is 199 g/mol. The SMILES string of the molecule is CCCC(CN)c1csc(NC)n1. The Morgan fingerprint density at radius 3 is 2.92 bits per heavy atom. The first-order valence-electron chi connectivity index (χ1n) is 4.65. The number of rotatable bonds is 5. The normalized spacial score (nSPS) is 12.8. The number of hydrogen-bond donors (Lipinski definition) is 2. The van der Waals surface area contributed by atoms with Gasteiger partial charge in [-0.3, -0.25) is 0 Å². The van der Waals surface area contributed by atoms with E-state index in [1.54, 1.807) is 11.3 Å². The van der Waals surface area contributed by atoms with Gasteiger partial charge < -0.3 is 11.1 Å². The molecule has 3 nitrogen and oxygen atoms in total. The van der Waals surface area contributed by atoms with E-state index in [2.05, 4.69) is 22.6 Å². The highest BCUT2D eigenvalue weighted by Gasteiger charge is 2.11. The lowest BCUT2D eigenvalue weighted by atomic mass is 10.0. The summed E-state index contributed by atoms with van der Waals surface area (Å²) in [7, 11) is 1.89. The van der Waals surface area contributed by atoms with Crippen LogP contribution in [-0.4, -0.2) is 18.6 Å². The number of anilines is 1. The average Bonchev–Trinajstić information content (AvgIpc) is 2.62. The number of nitrogens with two attached hydrogens (primary N) is 1. The zero-order valence-corrected chi connectivity index (χ0v) is 9.03. The minimum atomic E-state index is 0.434. The number of thiazole rings is 1. The summed E-state index contributed by atoms with van der Waals surface area (Å²) in [5.74, 6) is 0.434. The Hall–Kier alpha value is -0.610. The summed E-state index contributed by atoms with van der Waals surface area (Å²) in [4.78, 5) is 4.45. The van der Waals surface area contributed by atoms with E-state index >= 15 is 0 Å². The maximum Gasteiger partial charge on any atom is 0.182 e. The van der Waals surface area contributed by atoms with Crippen molar-refractivity contribution < 1.29 is 0 Å². The Bertz CT molecular complexity index is 247. The quantitative estimate of drug-likeness (QED) is 0.763. The second-order valence-electron chi connectivity index (χ2n) is 3.05. The lowest BCUT2D eigenvalue weighted by Gasteiger charge is -2.09. The van der Waals surface area contributed by atoms with Gasteiger partial charge in [-0.2, -0.15) is 0 Å². The van der Waals surface area contributed by atoms with E-state index in [0.29, 0.717) is 12.5 Å². The van der Waals surface area contributed by atoms with Gasteiger partial charge in [0.25, 0.3) is 0 Å². The van der Waals surface area contributed by atoms with Crippen molar-refractivity contribution in [3.05, 3.63) is 11.1 Å². The molecule has 0 saturated carbocycles. The largest absolute Gasteiger partial charge is 0.365 e. The standard InChI is InChI=1S/C9H17N3S/c1-3-4-7(5-10)8-6-13-9(11-2)12-8/h6-7H,3-5,10H2,1-2H3,(H,11,12). The summed E-state index contributed by atoms with van der Waals surface area (Å²) >= 11 is 1.64. The minimum absolute atomic E-state index is 0.434. The lowest BCUT2D eigenvalue weighted by Crippen LogP contribution is -2.12. The summed E-state index contributed by atoms with van der Waals surface area (Å²) < 4.78 is 0. The third-order valence-corrected chi connectivity index (χ3v) is 2.95.